The Labute approximate surface area is 214 Å². The first kappa shape index (κ1) is 25.2. The van der Waals surface area contributed by atoms with Crippen LogP contribution in [0.25, 0.3) is 10.9 Å². The van der Waals surface area contributed by atoms with Crippen LogP contribution in [0.2, 0.25) is 0 Å². The molecule has 0 atom stereocenters. The molecule has 11 heteroatoms. The summed E-state index contributed by atoms with van der Waals surface area (Å²) >= 11 is 5.53. The van der Waals surface area contributed by atoms with Crippen molar-refractivity contribution in [3.05, 3.63) is 75.3 Å². The average Bonchev–Trinajstić information content (AvgIpc) is 3.69. The number of hydrogen-bond donors (Lipinski definition) is 1. The standard InChI is InChI=1S/C26H23F4N3O3S/c27-20-12-18-21(33(17-5-6-17)14-19(24(18)34)25(35)36)13-22(20)31-7-9-32(10-8-31)23(37)11-15-1-3-16(4-2-15)26(28,29)30/h1-4,12-14,17H,5-11H2,(H,35,36). The van der Waals surface area contributed by atoms with Crippen LogP contribution in [0.15, 0.2) is 47.4 Å². The Hall–Kier alpha value is -3.47. The second-order valence-electron chi connectivity index (χ2n) is 9.38. The molecule has 1 saturated heterocycles. The van der Waals surface area contributed by atoms with E-state index in [2.05, 4.69) is 0 Å². The zero-order valence-corrected chi connectivity index (χ0v) is 20.4. The molecule has 2 heterocycles. The highest BCUT2D eigenvalue weighted by Gasteiger charge is 2.31. The molecule has 3 aromatic rings. The summed E-state index contributed by atoms with van der Waals surface area (Å²) < 4.78 is 55.3. The van der Waals surface area contributed by atoms with Crippen LogP contribution in [0.1, 0.15) is 40.4 Å². The van der Waals surface area contributed by atoms with Gasteiger partial charge in [-0.3, -0.25) is 4.79 Å². The Balaban J connectivity index is 1.32. The Morgan fingerprint density at radius 2 is 1.70 bits per heavy atom. The summed E-state index contributed by atoms with van der Waals surface area (Å²) in [4.78, 5) is 28.6. The molecule has 1 saturated carbocycles. The summed E-state index contributed by atoms with van der Waals surface area (Å²) in [5.74, 6) is -1.94. The highest BCUT2D eigenvalue weighted by molar-refractivity contribution is 7.80. The largest absolute Gasteiger partial charge is 0.477 e. The predicted molar refractivity (Wildman–Crippen MR) is 135 cm³/mol. The van der Waals surface area contributed by atoms with Crippen molar-refractivity contribution in [3.63, 3.8) is 0 Å². The first-order chi connectivity index (χ1) is 17.5. The van der Waals surface area contributed by atoms with Gasteiger partial charge in [0.15, 0.2) is 0 Å². The van der Waals surface area contributed by atoms with Gasteiger partial charge in [-0.1, -0.05) is 24.4 Å². The number of anilines is 1. The number of halogens is 4. The number of aromatic carboxylic acids is 1. The summed E-state index contributed by atoms with van der Waals surface area (Å²) in [7, 11) is 0. The van der Waals surface area contributed by atoms with Gasteiger partial charge < -0.3 is 19.5 Å². The number of thiocarbonyl (C=S) groups is 1. The van der Waals surface area contributed by atoms with Gasteiger partial charge in [-0.05, 0) is 42.7 Å². The Kier molecular flexibility index (Phi) is 6.43. The maximum Gasteiger partial charge on any atom is 0.416 e. The number of pyridine rings is 1. The molecular weight excluding hydrogens is 510 g/mol. The van der Waals surface area contributed by atoms with Crippen molar-refractivity contribution >= 4 is 39.8 Å². The molecule has 2 fully saturated rings. The van der Waals surface area contributed by atoms with Gasteiger partial charge in [-0.2, -0.15) is 13.2 Å². The van der Waals surface area contributed by atoms with E-state index in [1.54, 1.807) is 10.6 Å². The van der Waals surface area contributed by atoms with Crippen LogP contribution in [-0.2, 0) is 12.6 Å². The maximum atomic E-state index is 15.2. The van der Waals surface area contributed by atoms with E-state index in [9.17, 15) is 27.9 Å². The number of fused-ring (bicyclic) bond motifs is 1. The van der Waals surface area contributed by atoms with Gasteiger partial charge in [-0.25, -0.2) is 9.18 Å². The smallest absolute Gasteiger partial charge is 0.416 e. The number of benzene rings is 2. The first-order valence-corrected chi connectivity index (χ1v) is 12.2. The average molecular weight is 534 g/mol. The van der Waals surface area contributed by atoms with Gasteiger partial charge in [0.1, 0.15) is 11.4 Å². The number of alkyl halides is 3. The minimum atomic E-state index is -4.39. The molecule has 2 aromatic carbocycles. The molecule has 1 aliphatic carbocycles. The summed E-state index contributed by atoms with van der Waals surface area (Å²) in [6.45, 7) is 1.92. The van der Waals surface area contributed by atoms with Crippen molar-refractivity contribution in [1.29, 1.82) is 0 Å². The molecule has 0 unspecified atom stereocenters. The highest BCUT2D eigenvalue weighted by Crippen LogP contribution is 2.38. The summed E-state index contributed by atoms with van der Waals surface area (Å²) in [5, 5.41) is 9.46. The van der Waals surface area contributed by atoms with E-state index >= 15 is 4.39 Å². The molecule has 0 amide bonds. The van der Waals surface area contributed by atoms with E-state index in [0.29, 0.717) is 54.4 Å². The molecule has 194 valence electrons. The fourth-order valence-corrected chi connectivity index (χ4v) is 5.05. The van der Waals surface area contributed by atoms with Crippen molar-refractivity contribution in [3.8, 4) is 0 Å². The molecule has 6 nitrogen and oxygen atoms in total. The fraction of sp³-hybridized carbons (Fsp3) is 0.346. The summed E-state index contributed by atoms with van der Waals surface area (Å²) in [6.07, 6.45) is -0.988. The van der Waals surface area contributed by atoms with Gasteiger partial charge in [0.2, 0.25) is 5.43 Å². The van der Waals surface area contributed by atoms with Gasteiger partial charge in [-0.15, -0.1) is 0 Å². The zero-order valence-electron chi connectivity index (χ0n) is 19.6. The van der Waals surface area contributed by atoms with E-state index in [1.165, 1.54) is 18.3 Å². The van der Waals surface area contributed by atoms with E-state index in [-0.39, 0.29) is 17.0 Å². The monoisotopic (exact) mass is 533 g/mol. The van der Waals surface area contributed by atoms with Crippen molar-refractivity contribution in [1.82, 2.24) is 9.47 Å². The number of hydrogen-bond acceptors (Lipinski definition) is 4. The number of piperazine rings is 1. The fourth-order valence-electron chi connectivity index (χ4n) is 4.70. The van der Waals surface area contributed by atoms with E-state index in [0.717, 1.165) is 31.0 Å². The van der Waals surface area contributed by atoms with Crippen LogP contribution in [-0.4, -0.2) is 51.7 Å². The van der Waals surface area contributed by atoms with Gasteiger partial charge in [0, 0.05) is 50.2 Å². The third kappa shape index (κ3) is 5.04. The van der Waals surface area contributed by atoms with E-state index in [4.69, 9.17) is 12.2 Å². The van der Waals surface area contributed by atoms with Crippen LogP contribution >= 0.6 is 12.2 Å². The lowest BCUT2D eigenvalue weighted by Gasteiger charge is -2.37. The minimum absolute atomic E-state index is 0.0457. The number of aromatic nitrogens is 1. The summed E-state index contributed by atoms with van der Waals surface area (Å²) in [6, 6.07) is 7.75. The quantitative estimate of drug-likeness (QED) is 0.373. The van der Waals surface area contributed by atoms with Gasteiger partial charge in [0.25, 0.3) is 0 Å². The SMILES string of the molecule is O=C(O)c1cn(C2CC2)c2cc(N3CCN(C(=S)Cc4ccc(C(F)(F)F)cc4)CC3)c(F)cc2c1=O. The van der Waals surface area contributed by atoms with Crippen molar-refractivity contribution in [2.24, 2.45) is 0 Å². The van der Waals surface area contributed by atoms with E-state index < -0.39 is 29.0 Å². The second kappa shape index (κ2) is 9.44. The second-order valence-corrected chi connectivity index (χ2v) is 9.85. The van der Waals surface area contributed by atoms with Gasteiger partial charge in [0.05, 0.1) is 21.8 Å². The van der Waals surface area contributed by atoms with Gasteiger partial charge >= 0.3 is 12.1 Å². The lowest BCUT2D eigenvalue weighted by atomic mass is 10.1. The summed E-state index contributed by atoms with van der Waals surface area (Å²) in [5.41, 5.74) is -0.267. The molecule has 5 rings (SSSR count). The maximum absolute atomic E-state index is 15.2. The van der Waals surface area contributed by atoms with Crippen LogP contribution in [0, 0.1) is 5.82 Å². The van der Waals surface area contributed by atoms with Crippen LogP contribution < -0.4 is 10.3 Å². The zero-order chi connectivity index (χ0) is 26.5. The van der Waals surface area contributed by atoms with Crippen molar-refractivity contribution in [2.75, 3.05) is 31.1 Å². The topological polar surface area (TPSA) is 65.8 Å². The lowest BCUT2D eigenvalue weighted by Crippen LogP contribution is -2.49. The number of nitrogens with zero attached hydrogens (tertiary/aromatic N) is 3. The molecule has 1 aromatic heterocycles. The van der Waals surface area contributed by atoms with Crippen LogP contribution in [0.4, 0.5) is 23.2 Å². The Morgan fingerprint density at radius 3 is 2.27 bits per heavy atom. The number of carbonyl (C=O) groups is 1. The first-order valence-electron chi connectivity index (χ1n) is 11.8. The number of rotatable bonds is 5. The van der Waals surface area contributed by atoms with E-state index in [1.807, 2.05) is 9.80 Å². The van der Waals surface area contributed by atoms with Crippen LogP contribution in [0.5, 0.6) is 0 Å². The van der Waals surface area contributed by atoms with Crippen molar-refractivity contribution in [2.45, 2.75) is 31.5 Å². The minimum Gasteiger partial charge on any atom is -0.477 e. The third-order valence-corrected chi connectivity index (χ3v) is 7.28. The lowest BCUT2D eigenvalue weighted by molar-refractivity contribution is -0.137. The molecule has 0 radical (unpaired) electrons. The predicted octanol–water partition coefficient (Wildman–Crippen LogP) is 4.88. The molecule has 1 aliphatic heterocycles. The molecule has 2 aliphatic rings. The Bertz CT molecular complexity index is 1440. The molecule has 0 bridgehead atoms. The normalized spacial score (nSPS) is 16.3. The molecule has 0 spiro atoms. The highest BCUT2D eigenvalue weighted by atomic mass is 32.1. The molecular formula is C26H23F4N3O3S. The Morgan fingerprint density at radius 1 is 1.05 bits per heavy atom. The van der Waals surface area contributed by atoms with Crippen molar-refractivity contribution < 1.29 is 27.5 Å². The van der Waals surface area contributed by atoms with Crippen LogP contribution in [0.3, 0.4) is 0 Å². The molecule has 37 heavy (non-hydrogen) atoms. The molecule has 1 N–H and O–H groups in total. The number of carboxylic acid groups (broad SMARTS) is 1. The third-order valence-electron chi connectivity index (χ3n) is 6.88. The number of carboxylic acids is 1.